The number of nitrogens with two attached hydrogens (primary N) is 1. The van der Waals surface area contributed by atoms with Crippen molar-refractivity contribution >= 4 is 11.8 Å². The molecule has 0 amide bonds. The van der Waals surface area contributed by atoms with E-state index < -0.39 is 0 Å². The highest BCUT2D eigenvalue weighted by Crippen LogP contribution is 2.38. The SMILES string of the molecule is NC1(CCSC2CCCCCC2)CC1. The van der Waals surface area contributed by atoms with Gasteiger partial charge in [-0.05, 0) is 37.9 Å². The molecule has 0 spiro atoms. The van der Waals surface area contributed by atoms with Gasteiger partial charge in [0.25, 0.3) is 0 Å². The molecule has 2 aliphatic rings. The summed E-state index contributed by atoms with van der Waals surface area (Å²) < 4.78 is 0. The lowest BCUT2D eigenvalue weighted by molar-refractivity contribution is 0.652. The summed E-state index contributed by atoms with van der Waals surface area (Å²) in [4.78, 5) is 0. The smallest absolute Gasteiger partial charge is 0.0163 e. The Hall–Kier alpha value is 0.310. The van der Waals surface area contributed by atoms with Gasteiger partial charge in [-0.2, -0.15) is 11.8 Å². The van der Waals surface area contributed by atoms with Crippen LogP contribution in [0.5, 0.6) is 0 Å². The Kier molecular flexibility index (Phi) is 3.78. The predicted molar refractivity (Wildman–Crippen MR) is 64.7 cm³/mol. The average Bonchev–Trinajstić information content (AvgIpc) is 2.92. The summed E-state index contributed by atoms with van der Waals surface area (Å²) in [6.45, 7) is 0. The molecular weight excluding hydrogens is 190 g/mol. The van der Waals surface area contributed by atoms with Crippen molar-refractivity contribution in [1.82, 2.24) is 0 Å². The van der Waals surface area contributed by atoms with Gasteiger partial charge in [0.15, 0.2) is 0 Å². The molecule has 2 rings (SSSR count). The molecule has 0 radical (unpaired) electrons. The summed E-state index contributed by atoms with van der Waals surface area (Å²) in [5.74, 6) is 1.31. The zero-order chi connectivity index (χ0) is 9.86. The second-order valence-corrected chi connectivity index (χ2v) is 6.50. The van der Waals surface area contributed by atoms with Crippen LogP contribution in [0, 0.1) is 0 Å². The van der Waals surface area contributed by atoms with E-state index in [0.717, 1.165) is 5.25 Å². The van der Waals surface area contributed by atoms with Crippen LogP contribution in [0.3, 0.4) is 0 Å². The molecule has 1 nitrogen and oxygen atoms in total. The summed E-state index contributed by atoms with van der Waals surface area (Å²) in [5.41, 5.74) is 6.36. The van der Waals surface area contributed by atoms with Crippen LogP contribution in [0.15, 0.2) is 0 Å². The standard InChI is InChI=1S/C12H23NS/c13-12(7-8-12)9-10-14-11-5-3-1-2-4-6-11/h11H,1-10,13H2. The van der Waals surface area contributed by atoms with Crippen LogP contribution in [0.25, 0.3) is 0 Å². The van der Waals surface area contributed by atoms with Crippen LogP contribution in [0.4, 0.5) is 0 Å². The lowest BCUT2D eigenvalue weighted by Gasteiger charge is -2.15. The number of hydrogen-bond acceptors (Lipinski definition) is 2. The van der Waals surface area contributed by atoms with Crippen molar-refractivity contribution in [3.63, 3.8) is 0 Å². The number of rotatable bonds is 4. The van der Waals surface area contributed by atoms with Gasteiger partial charge in [0, 0.05) is 10.8 Å². The van der Waals surface area contributed by atoms with E-state index in [4.69, 9.17) is 5.73 Å². The molecule has 82 valence electrons. The van der Waals surface area contributed by atoms with Crippen molar-refractivity contribution in [3.8, 4) is 0 Å². The highest BCUT2D eigenvalue weighted by atomic mass is 32.2. The minimum atomic E-state index is 0.276. The third-order valence-corrected chi connectivity index (χ3v) is 5.03. The fourth-order valence-corrected chi connectivity index (χ4v) is 3.77. The van der Waals surface area contributed by atoms with E-state index in [0.29, 0.717) is 0 Å². The lowest BCUT2D eigenvalue weighted by atomic mass is 10.2. The molecule has 2 N–H and O–H groups in total. The van der Waals surface area contributed by atoms with Gasteiger partial charge in [0.2, 0.25) is 0 Å². The van der Waals surface area contributed by atoms with Crippen LogP contribution >= 0.6 is 11.8 Å². The van der Waals surface area contributed by atoms with Crippen molar-refractivity contribution in [2.75, 3.05) is 5.75 Å². The molecule has 0 unspecified atom stereocenters. The quantitative estimate of drug-likeness (QED) is 0.725. The van der Waals surface area contributed by atoms with E-state index in [2.05, 4.69) is 11.8 Å². The van der Waals surface area contributed by atoms with E-state index in [1.165, 1.54) is 63.5 Å². The van der Waals surface area contributed by atoms with Gasteiger partial charge < -0.3 is 5.73 Å². The first kappa shape index (κ1) is 10.8. The van der Waals surface area contributed by atoms with E-state index in [1.807, 2.05) is 0 Å². The summed E-state index contributed by atoms with van der Waals surface area (Å²) in [6, 6.07) is 0. The molecule has 14 heavy (non-hydrogen) atoms. The van der Waals surface area contributed by atoms with Crippen LogP contribution < -0.4 is 5.73 Å². The molecule has 0 aromatic rings. The van der Waals surface area contributed by atoms with Crippen LogP contribution in [0.2, 0.25) is 0 Å². The first-order valence-corrected chi connectivity index (χ1v) is 7.24. The Morgan fingerprint density at radius 2 is 1.71 bits per heavy atom. The fraction of sp³-hybridized carbons (Fsp3) is 1.00. The third-order valence-electron chi connectivity index (χ3n) is 3.65. The third kappa shape index (κ3) is 3.47. The van der Waals surface area contributed by atoms with Crippen molar-refractivity contribution < 1.29 is 0 Å². The highest BCUT2D eigenvalue weighted by Gasteiger charge is 2.37. The van der Waals surface area contributed by atoms with Gasteiger partial charge in [-0.3, -0.25) is 0 Å². The minimum Gasteiger partial charge on any atom is -0.325 e. The summed E-state index contributed by atoms with van der Waals surface area (Å²) in [7, 11) is 0. The maximum Gasteiger partial charge on any atom is 0.0163 e. The van der Waals surface area contributed by atoms with Crippen LogP contribution in [0.1, 0.15) is 57.8 Å². The van der Waals surface area contributed by atoms with Crippen molar-refractivity contribution in [3.05, 3.63) is 0 Å². The first-order valence-electron chi connectivity index (χ1n) is 6.19. The second-order valence-electron chi connectivity index (χ2n) is 5.10. The van der Waals surface area contributed by atoms with E-state index >= 15 is 0 Å². The van der Waals surface area contributed by atoms with Gasteiger partial charge in [-0.15, -0.1) is 0 Å². The van der Waals surface area contributed by atoms with E-state index in [9.17, 15) is 0 Å². The molecule has 2 saturated carbocycles. The molecule has 0 aromatic heterocycles. The fourth-order valence-electron chi connectivity index (χ4n) is 2.25. The van der Waals surface area contributed by atoms with Gasteiger partial charge in [0.1, 0.15) is 0 Å². The Morgan fingerprint density at radius 1 is 1.07 bits per heavy atom. The first-order chi connectivity index (χ1) is 6.79. The zero-order valence-corrected chi connectivity index (χ0v) is 9.95. The largest absolute Gasteiger partial charge is 0.325 e. The van der Waals surface area contributed by atoms with Crippen LogP contribution in [-0.4, -0.2) is 16.5 Å². The zero-order valence-electron chi connectivity index (χ0n) is 9.13. The molecule has 2 fully saturated rings. The predicted octanol–water partition coefficient (Wildman–Crippen LogP) is 3.32. The Labute approximate surface area is 92.2 Å². The van der Waals surface area contributed by atoms with Crippen LogP contribution in [-0.2, 0) is 0 Å². The van der Waals surface area contributed by atoms with Gasteiger partial charge in [-0.25, -0.2) is 0 Å². The number of thioether (sulfide) groups is 1. The molecule has 2 heteroatoms. The molecule has 0 atom stereocenters. The van der Waals surface area contributed by atoms with E-state index in [1.54, 1.807) is 0 Å². The molecule has 2 aliphatic carbocycles. The van der Waals surface area contributed by atoms with Gasteiger partial charge in [-0.1, -0.05) is 25.7 Å². The molecular formula is C12H23NS. The maximum absolute atomic E-state index is 6.08. The summed E-state index contributed by atoms with van der Waals surface area (Å²) in [6.07, 6.45) is 12.6. The molecule has 0 heterocycles. The minimum absolute atomic E-state index is 0.276. The topological polar surface area (TPSA) is 26.0 Å². The van der Waals surface area contributed by atoms with E-state index in [-0.39, 0.29) is 5.54 Å². The normalized spacial score (nSPS) is 27.2. The molecule has 0 aromatic carbocycles. The second kappa shape index (κ2) is 4.89. The van der Waals surface area contributed by atoms with Crippen molar-refractivity contribution in [1.29, 1.82) is 0 Å². The lowest BCUT2D eigenvalue weighted by Crippen LogP contribution is -2.22. The molecule has 0 bridgehead atoms. The van der Waals surface area contributed by atoms with Crippen molar-refractivity contribution in [2.45, 2.75) is 68.6 Å². The maximum atomic E-state index is 6.08. The summed E-state index contributed by atoms with van der Waals surface area (Å²) in [5, 5.41) is 0.958. The van der Waals surface area contributed by atoms with Gasteiger partial charge in [0.05, 0.1) is 0 Å². The molecule has 0 saturated heterocycles. The van der Waals surface area contributed by atoms with Gasteiger partial charge >= 0.3 is 0 Å². The Bertz CT molecular complexity index is 169. The average molecular weight is 213 g/mol. The number of hydrogen-bond donors (Lipinski definition) is 1. The van der Waals surface area contributed by atoms with Crippen molar-refractivity contribution in [2.24, 2.45) is 5.73 Å². The monoisotopic (exact) mass is 213 g/mol. The Balaban J connectivity index is 1.59. The molecule has 0 aliphatic heterocycles. The summed E-state index contributed by atoms with van der Waals surface area (Å²) >= 11 is 2.20. The Morgan fingerprint density at radius 3 is 2.29 bits per heavy atom. The highest BCUT2D eigenvalue weighted by molar-refractivity contribution is 7.99.